The molecular weight excluding hydrogens is 180 g/mol. The minimum atomic E-state index is -0.900. The topological polar surface area (TPSA) is 46.5 Å². The molecule has 0 radical (unpaired) electrons. The lowest BCUT2D eigenvalue weighted by molar-refractivity contribution is 0.0696. The Morgan fingerprint density at radius 2 is 2.14 bits per heavy atom. The first-order valence-corrected chi connectivity index (χ1v) is 4.68. The molecule has 3 heteroatoms. The van der Waals surface area contributed by atoms with Crippen LogP contribution in [0.1, 0.15) is 29.8 Å². The molecule has 0 unspecified atom stereocenters. The van der Waals surface area contributed by atoms with E-state index in [1.165, 1.54) is 0 Å². The zero-order valence-corrected chi connectivity index (χ0v) is 8.41. The third-order valence-electron chi connectivity index (χ3n) is 1.99. The molecule has 0 aromatic heterocycles. The van der Waals surface area contributed by atoms with Crippen molar-refractivity contribution in [1.29, 1.82) is 0 Å². The van der Waals surface area contributed by atoms with Gasteiger partial charge in [-0.1, -0.05) is 6.92 Å². The second-order valence-corrected chi connectivity index (χ2v) is 2.91. The number of hydrogen-bond donors (Lipinski definition) is 1. The smallest absolute Gasteiger partial charge is 0.335 e. The molecule has 3 nitrogen and oxygen atoms in total. The summed E-state index contributed by atoms with van der Waals surface area (Å²) in [6.07, 6.45) is 0.774. The number of aryl methyl sites for hydroxylation is 1. The van der Waals surface area contributed by atoms with E-state index in [0.29, 0.717) is 12.2 Å². The van der Waals surface area contributed by atoms with Crippen LogP contribution in [-0.4, -0.2) is 17.7 Å². The molecule has 0 heterocycles. The minimum Gasteiger partial charge on any atom is -0.494 e. The summed E-state index contributed by atoms with van der Waals surface area (Å²) < 4.78 is 5.37. The molecule has 76 valence electrons. The van der Waals surface area contributed by atoms with Crippen LogP contribution >= 0.6 is 0 Å². The first kappa shape index (κ1) is 10.6. The Morgan fingerprint density at radius 3 is 2.64 bits per heavy atom. The summed E-state index contributed by atoms with van der Waals surface area (Å²) in [5.74, 6) is -0.122. The molecule has 1 N–H and O–H groups in total. The summed E-state index contributed by atoms with van der Waals surface area (Å²) in [6.45, 7) is 4.48. The normalized spacial score (nSPS) is 9.86. The van der Waals surface area contributed by atoms with E-state index in [2.05, 4.69) is 0 Å². The fraction of sp³-hybridized carbons (Fsp3) is 0.364. The quantitative estimate of drug-likeness (QED) is 0.800. The van der Waals surface area contributed by atoms with Crippen LogP contribution in [0.2, 0.25) is 0 Å². The fourth-order valence-corrected chi connectivity index (χ4v) is 1.29. The first-order chi connectivity index (χ1) is 6.69. The Hall–Kier alpha value is -1.51. The lowest BCUT2D eigenvalue weighted by Crippen LogP contribution is -2.00. The monoisotopic (exact) mass is 194 g/mol. The summed E-state index contributed by atoms with van der Waals surface area (Å²) >= 11 is 0. The van der Waals surface area contributed by atoms with Crippen molar-refractivity contribution in [2.75, 3.05) is 6.61 Å². The fourth-order valence-electron chi connectivity index (χ4n) is 1.29. The lowest BCUT2D eigenvalue weighted by atomic mass is 10.1. The predicted octanol–water partition coefficient (Wildman–Crippen LogP) is 2.35. The summed E-state index contributed by atoms with van der Waals surface area (Å²) in [7, 11) is 0. The van der Waals surface area contributed by atoms with Crippen molar-refractivity contribution >= 4 is 5.97 Å². The molecule has 14 heavy (non-hydrogen) atoms. The second-order valence-electron chi connectivity index (χ2n) is 2.91. The molecule has 1 aromatic rings. The van der Waals surface area contributed by atoms with E-state index in [9.17, 15) is 4.79 Å². The zero-order valence-electron chi connectivity index (χ0n) is 8.41. The third kappa shape index (κ3) is 2.25. The molecule has 0 aliphatic carbocycles. The van der Waals surface area contributed by atoms with Gasteiger partial charge in [-0.05, 0) is 37.1 Å². The minimum absolute atomic E-state index is 0.310. The van der Waals surface area contributed by atoms with Crippen LogP contribution in [0.5, 0.6) is 5.75 Å². The van der Waals surface area contributed by atoms with Crippen molar-refractivity contribution in [3.63, 3.8) is 0 Å². The highest BCUT2D eigenvalue weighted by Gasteiger charge is 2.07. The molecule has 0 atom stereocenters. The molecule has 1 rings (SSSR count). The molecule has 0 saturated heterocycles. The highest BCUT2D eigenvalue weighted by Crippen LogP contribution is 2.20. The van der Waals surface area contributed by atoms with Gasteiger partial charge in [0.2, 0.25) is 0 Å². The molecule has 0 saturated carbocycles. The van der Waals surface area contributed by atoms with Gasteiger partial charge >= 0.3 is 5.97 Å². The number of aromatic carboxylic acids is 1. The predicted molar refractivity (Wildman–Crippen MR) is 53.9 cm³/mol. The van der Waals surface area contributed by atoms with E-state index in [1.54, 1.807) is 18.2 Å². The summed E-state index contributed by atoms with van der Waals surface area (Å²) in [4.78, 5) is 10.7. The zero-order chi connectivity index (χ0) is 10.6. The van der Waals surface area contributed by atoms with E-state index in [1.807, 2.05) is 13.8 Å². The average molecular weight is 194 g/mol. The van der Waals surface area contributed by atoms with Gasteiger partial charge in [0.15, 0.2) is 0 Å². The second kappa shape index (κ2) is 4.65. The number of carboxylic acid groups (broad SMARTS) is 1. The van der Waals surface area contributed by atoms with E-state index < -0.39 is 5.97 Å². The van der Waals surface area contributed by atoms with Crippen LogP contribution in [0.4, 0.5) is 0 Å². The van der Waals surface area contributed by atoms with E-state index in [0.717, 1.165) is 17.7 Å². The highest BCUT2D eigenvalue weighted by atomic mass is 16.5. The standard InChI is InChI=1S/C11H14O3/c1-3-8-7-9(11(12)13)5-6-10(8)14-4-2/h5-7H,3-4H2,1-2H3,(H,12,13). The van der Waals surface area contributed by atoms with Crippen molar-refractivity contribution in [1.82, 2.24) is 0 Å². The van der Waals surface area contributed by atoms with Gasteiger partial charge in [0.05, 0.1) is 12.2 Å². The van der Waals surface area contributed by atoms with Crippen molar-refractivity contribution in [2.24, 2.45) is 0 Å². The van der Waals surface area contributed by atoms with Crippen LogP contribution in [0, 0.1) is 0 Å². The van der Waals surface area contributed by atoms with Crippen LogP contribution < -0.4 is 4.74 Å². The Bertz CT molecular complexity index is 331. The van der Waals surface area contributed by atoms with Crippen LogP contribution in [0.3, 0.4) is 0 Å². The molecule has 1 aromatic carbocycles. The Balaban J connectivity index is 3.04. The first-order valence-electron chi connectivity index (χ1n) is 4.68. The number of rotatable bonds is 4. The van der Waals surface area contributed by atoms with Crippen LogP contribution in [0.25, 0.3) is 0 Å². The molecule has 0 aliphatic rings. The lowest BCUT2D eigenvalue weighted by Gasteiger charge is -2.08. The Morgan fingerprint density at radius 1 is 1.43 bits per heavy atom. The van der Waals surface area contributed by atoms with Crippen molar-refractivity contribution < 1.29 is 14.6 Å². The summed E-state index contributed by atoms with van der Waals surface area (Å²) in [5.41, 5.74) is 1.25. The molecule has 0 bridgehead atoms. The maximum absolute atomic E-state index is 10.7. The molecule has 0 aliphatic heterocycles. The highest BCUT2D eigenvalue weighted by molar-refractivity contribution is 5.88. The van der Waals surface area contributed by atoms with Crippen LogP contribution in [0.15, 0.2) is 18.2 Å². The largest absolute Gasteiger partial charge is 0.494 e. The number of carboxylic acids is 1. The molecule has 0 amide bonds. The van der Waals surface area contributed by atoms with Crippen LogP contribution in [-0.2, 0) is 6.42 Å². The molecule has 0 fully saturated rings. The SMILES string of the molecule is CCOc1ccc(C(=O)O)cc1CC. The third-order valence-corrected chi connectivity index (χ3v) is 1.99. The Labute approximate surface area is 83.3 Å². The number of benzene rings is 1. The summed E-state index contributed by atoms with van der Waals surface area (Å²) in [5, 5.41) is 8.78. The Kier molecular flexibility index (Phi) is 3.51. The van der Waals surface area contributed by atoms with Gasteiger partial charge < -0.3 is 9.84 Å². The van der Waals surface area contributed by atoms with Crippen molar-refractivity contribution in [3.05, 3.63) is 29.3 Å². The average Bonchev–Trinajstić information content (AvgIpc) is 2.18. The van der Waals surface area contributed by atoms with Crippen molar-refractivity contribution in [3.8, 4) is 5.75 Å². The van der Waals surface area contributed by atoms with Gasteiger partial charge in [-0.25, -0.2) is 4.79 Å². The van der Waals surface area contributed by atoms with Gasteiger partial charge in [-0.15, -0.1) is 0 Å². The van der Waals surface area contributed by atoms with E-state index >= 15 is 0 Å². The van der Waals surface area contributed by atoms with Gasteiger partial charge in [0.1, 0.15) is 5.75 Å². The maximum atomic E-state index is 10.7. The molecule has 0 spiro atoms. The van der Waals surface area contributed by atoms with Crippen molar-refractivity contribution in [2.45, 2.75) is 20.3 Å². The summed E-state index contributed by atoms with van der Waals surface area (Å²) in [6, 6.07) is 4.94. The van der Waals surface area contributed by atoms with E-state index in [4.69, 9.17) is 9.84 Å². The van der Waals surface area contributed by atoms with Gasteiger partial charge in [0, 0.05) is 0 Å². The van der Waals surface area contributed by atoms with Gasteiger partial charge in [0.25, 0.3) is 0 Å². The van der Waals surface area contributed by atoms with E-state index in [-0.39, 0.29) is 0 Å². The maximum Gasteiger partial charge on any atom is 0.335 e. The van der Waals surface area contributed by atoms with Gasteiger partial charge in [-0.2, -0.15) is 0 Å². The molecular formula is C11H14O3. The number of ether oxygens (including phenoxy) is 1. The number of hydrogen-bond acceptors (Lipinski definition) is 2. The number of carbonyl (C=O) groups is 1. The van der Waals surface area contributed by atoms with Gasteiger partial charge in [-0.3, -0.25) is 0 Å².